The van der Waals surface area contributed by atoms with E-state index >= 15 is 0 Å². The van der Waals surface area contributed by atoms with Crippen LogP contribution in [0.1, 0.15) is 55.1 Å². The number of benzene rings is 1. The maximum Gasteiger partial charge on any atom is 0.114 e. The van der Waals surface area contributed by atoms with Gasteiger partial charge in [-0.1, -0.05) is 45.0 Å². The summed E-state index contributed by atoms with van der Waals surface area (Å²) in [5.74, 6) is 0.700. The summed E-state index contributed by atoms with van der Waals surface area (Å²) in [6, 6.07) is 9.24. The highest BCUT2D eigenvalue weighted by Gasteiger charge is 2.16. The summed E-state index contributed by atoms with van der Waals surface area (Å²) in [5, 5.41) is 6.92. The maximum atomic E-state index is 4.67. The third kappa shape index (κ3) is 4.65. The summed E-state index contributed by atoms with van der Waals surface area (Å²) < 4.78 is 0. The lowest BCUT2D eigenvalue weighted by atomic mass is 9.99. The highest BCUT2D eigenvalue weighted by molar-refractivity contribution is 7.09. The van der Waals surface area contributed by atoms with Crippen molar-refractivity contribution in [1.82, 2.24) is 10.3 Å². The van der Waals surface area contributed by atoms with E-state index in [1.807, 2.05) is 0 Å². The van der Waals surface area contributed by atoms with Crippen LogP contribution in [0.25, 0.3) is 0 Å². The van der Waals surface area contributed by atoms with Gasteiger partial charge in [0.05, 0.1) is 6.04 Å². The van der Waals surface area contributed by atoms with Gasteiger partial charge >= 0.3 is 0 Å². The summed E-state index contributed by atoms with van der Waals surface area (Å²) in [4.78, 5) is 4.67. The number of hydrogen-bond acceptors (Lipinski definition) is 3. The normalized spacial score (nSPS) is 12.8. The summed E-state index contributed by atoms with van der Waals surface area (Å²) in [6.07, 6.45) is 2.27. The van der Waals surface area contributed by atoms with Crippen LogP contribution in [0.15, 0.2) is 29.6 Å². The standard InChI is InChI=1S/C18H26N2S/c1-5-10-19-17(18-20-14(4)12-21-18)16-8-6-15(7-9-16)11-13(2)3/h6-9,12-13,17,19H,5,10-11H2,1-4H3. The van der Waals surface area contributed by atoms with Crippen LogP contribution in [-0.4, -0.2) is 11.5 Å². The summed E-state index contributed by atoms with van der Waals surface area (Å²) in [6.45, 7) is 9.79. The number of aryl methyl sites for hydroxylation is 1. The minimum atomic E-state index is 0.219. The lowest BCUT2D eigenvalue weighted by Gasteiger charge is -2.17. The molecule has 114 valence electrons. The molecule has 1 N–H and O–H groups in total. The summed E-state index contributed by atoms with van der Waals surface area (Å²) in [5.41, 5.74) is 3.83. The van der Waals surface area contributed by atoms with Crippen molar-refractivity contribution in [1.29, 1.82) is 0 Å². The Morgan fingerprint density at radius 1 is 1.19 bits per heavy atom. The molecule has 0 aliphatic carbocycles. The lowest BCUT2D eigenvalue weighted by Crippen LogP contribution is -2.23. The molecular weight excluding hydrogens is 276 g/mol. The molecule has 1 aromatic carbocycles. The van der Waals surface area contributed by atoms with E-state index in [0.29, 0.717) is 5.92 Å². The fourth-order valence-electron chi connectivity index (χ4n) is 2.46. The lowest BCUT2D eigenvalue weighted by molar-refractivity contribution is 0.594. The first-order valence-corrected chi connectivity index (χ1v) is 8.72. The molecule has 1 aromatic heterocycles. The highest BCUT2D eigenvalue weighted by Crippen LogP contribution is 2.25. The van der Waals surface area contributed by atoms with E-state index in [1.165, 1.54) is 11.1 Å². The van der Waals surface area contributed by atoms with Gasteiger partial charge in [-0.2, -0.15) is 0 Å². The molecule has 2 nitrogen and oxygen atoms in total. The Balaban J connectivity index is 2.20. The molecule has 0 spiro atoms. The molecule has 3 heteroatoms. The van der Waals surface area contributed by atoms with Crippen molar-refractivity contribution in [3.8, 4) is 0 Å². The SMILES string of the molecule is CCCNC(c1ccc(CC(C)C)cc1)c1nc(C)cs1. The van der Waals surface area contributed by atoms with Gasteiger partial charge in [0.25, 0.3) is 0 Å². The topological polar surface area (TPSA) is 24.9 Å². The Morgan fingerprint density at radius 2 is 1.90 bits per heavy atom. The molecule has 1 heterocycles. The van der Waals surface area contributed by atoms with Crippen molar-refractivity contribution in [2.45, 2.75) is 46.6 Å². The van der Waals surface area contributed by atoms with E-state index in [4.69, 9.17) is 0 Å². The zero-order chi connectivity index (χ0) is 15.2. The van der Waals surface area contributed by atoms with Crippen LogP contribution in [0, 0.1) is 12.8 Å². The summed E-state index contributed by atoms with van der Waals surface area (Å²) >= 11 is 1.74. The minimum absolute atomic E-state index is 0.219. The number of aromatic nitrogens is 1. The van der Waals surface area contributed by atoms with Gasteiger partial charge < -0.3 is 5.32 Å². The second-order valence-corrected chi connectivity index (χ2v) is 6.94. The van der Waals surface area contributed by atoms with Crippen LogP contribution in [0.5, 0.6) is 0 Å². The van der Waals surface area contributed by atoms with Crippen LogP contribution in [-0.2, 0) is 6.42 Å². The number of thiazole rings is 1. The van der Waals surface area contributed by atoms with Gasteiger partial charge in [0.2, 0.25) is 0 Å². The molecular formula is C18H26N2S. The smallest absolute Gasteiger partial charge is 0.114 e. The average molecular weight is 302 g/mol. The van der Waals surface area contributed by atoms with E-state index in [2.05, 4.69) is 67.6 Å². The molecule has 0 fully saturated rings. The zero-order valence-electron chi connectivity index (χ0n) is 13.5. The molecule has 0 bridgehead atoms. The predicted molar refractivity (Wildman–Crippen MR) is 92.0 cm³/mol. The first-order valence-electron chi connectivity index (χ1n) is 7.84. The van der Waals surface area contributed by atoms with E-state index < -0.39 is 0 Å². The fourth-order valence-corrected chi connectivity index (χ4v) is 3.35. The van der Waals surface area contributed by atoms with Gasteiger partial charge in [-0.05, 0) is 43.4 Å². The first kappa shape index (κ1) is 16.2. The van der Waals surface area contributed by atoms with Gasteiger partial charge in [-0.3, -0.25) is 0 Å². The quantitative estimate of drug-likeness (QED) is 0.799. The monoisotopic (exact) mass is 302 g/mol. The number of nitrogens with zero attached hydrogens (tertiary/aromatic N) is 1. The Morgan fingerprint density at radius 3 is 2.43 bits per heavy atom. The van der Waals surface area contributed by atoms with Gasteiger partial charge in [0.1, 0.15) is 5.01 Å². The number of nitrogens with one attached hydrogen (secondary N) is 1. The molecule has 1 unspecified atom stereocenters. The molecule has 0 aliphatic heterocycles. The van der Waals surface area contributed by atoms with Crippen LogP contribution in [0.2, 0.25) is 0 Å². The van der Waals surface area contributed by atoms with Crippen molar-refractivity contribution >= 4 is 11.3 Å². The second-order valence-electron chi connectivity index (χ2n) is 6.05. The van der Waals surface area contributed by atoms with Crippen LogP contribution in [0.3, 0.4) is 0 Å². The molecule has 2 aromatic rings. The Labute approximate surface area is 132 Å². The zero-order valence-corrected chi connectivity index (χ0v) is 14.3. The molecule has 2 rings (SSSR count). The van der Waals surface area contributed by atoms with Crippen molar-refractivity contribution in [2.24, 2.45) is 5.92 Å². The van der Waals surface area contributed by atoms with E-state index in [1.54, 1.807) is 11.3 Å². The highest BCUT2D eigenvalue weighted by atomic mass is 32.1. The van der Waals surface area contributed by atoms with Crippen molar-refractivity contribution in [2.75, 3.05) is 6.54 Å². The Hall–Kier alpha value is -1.19. The maximum absolute atomic E-state index is 4.67. The van der Waals surface area contributed by atoms with Crippen LogP contribution < -0.4 is 5.32 Å². The molecule has 0 saturated carbocycles. The van der Waals surface area contributed by atoms with Gasteiger partial charge in [-0.25, -0.2) is 4.98 Å². The number of rotatable bonds is 7. The van der Waals surface area contributed by atoms with Crippen molar-refractivity contribution < 1.29 is 0 Å². The molecule has 0 saturated heterocycles. The first-order chi connectivity index (χ1) is 10.1. The van der Waals surface area contributed by atoms with Gasteiger partial charge in [0.15, 0.2) is 0 Å². The fraction of sp³-hybridized carbons (Fsp3) is 0.500. The summed E-state index contributed by atoms with van der Waals surface area (Å²) in [7, 11) is 0. The second kappa shape index (κ2) is 7.71. The molecule has 0 radical (unpaired) electrons. The minimum Gasteiger partial charge on any atom is -0.304 e. The van der Waals surface area contributed by atoms with Crippen molar-refractivity contribution in [3.05, 3.63) is 51.5 Å². The van der Waals surface area contributed by atoms with Crippen molar-refractivity contribution in [3.63, 3.8) is 0 Å². The largest absolute Gasteiger partial charge is 0.304 e. The van der Waals surface area contributed by atoms with Gasteiger partial charge in [-0.15, -0.1) is 11.3 Å². The molecule has 0 amide bonds. The van der Waals surface area contributed by atoms with Crippen LogP contribution in [0.4, 0.5) is 0 Å². The third-order valence-electron chi connectivity index (χ3n) is 3.44. The van der Waals surface area contributed by atoms with E-state index in [0.717, 1.165) is 30.1 Å². The molecule has 1 atom stereocenters. The molecule has 0 aliphatic rings. The predicted octanol–water partition coefficient (Wildman–Crippen LogP) is 4.74. The van der Waals surface area contributed by atoms with E-state index in [-0.39, 0.29) is 6.04 Å². The Kier molecular flexibility index (Phi) is 5.95. The van der Waals surface area contributed by atoms with Crippen LogP contribution >= 0.6 is 11.3 Å². The van der Waals surface area contributed by atoms with Gasteiger partial charge in [0, 0.05) is 11.1 Å². The Bertz CT molecular complexity index is 543. The number of hydrogen-bond donors (Lipinski definition) is 1. The molecule has 21 heavy (non-hydrogen) atoms. The van der Waals surface area contributed by atoms with E-state index in [9.17, 15) is 0 Å². The third-order valence-corrected chi connectivity index (χ3v) is 4.47. The average Bonchev–Trinajstić information content (AvgIpc) is 2.87.